The normalized spacial score (nSPS) is 16.8. The van der Waals surface area contributed by atoms with E-state index in [-0.39, 0.29) is 6.54 Å². The number of likely N-dealkylation sites (tertiary alicyclic amines) is 1. The second-order valence-corrected chi connectivity index (χ2v) is 8.03. The number of aryl methyl sites for hydroxylation is 1. The Labute approximate surface area is 176 Å². The van der Waals surface area contributed by atoms with Crippen molar-refractivity contribution in [1.82, 2.24) is 10.2 Å². The first-order chi connectivity index (χ1) is 13.9. The zero-order chi connectivity index (χ0) is 21.2. The minimum absolute atomic E-state index is 0.219. The summed E-state index contributed by atoms with van der Waals surface area (Å²) in [5, 5.41) is 22.6. The molecule has 1 aromatic carbocycles. The summed E-state index contributed by atoms with van der Waals surface area (Å²) in [5.41, 5.74) is 2.45. The summed E-state index contributed by atoms with van der Waals surface area (Å²) in [7, 11) is 0. The Morgan fingerprint density at radius 3 is 2.62 bits per heavy atom. The number of thioether (sulfide) groups is 1. The molecule has 1 aliphatic rings. The van der Waals surface area contributed by atoms with Crippen molar-refractivity contribution in [2.75, 3.05) is 25.9 Å². The number of hydrogen-bond acceptors (Lipinski definition) is 5. The fourth-order valence-electron chi connectivity index (χ4n) is 3.10. The minimum atomic E-state index is -1.77. The van der Waals surface area contributed by atoms with Gasteiger partial charge in [0, 0.05) is 24.5 Å². The molecule has 6 nitrogen and oxygen atoms in total. The van der Waals surface area contributed by atoms with Crippen molar-refractivity contribution in [2.24, 2.45) is 0 Å². The molecule has 29 heavy (non-hydrogen) atoms. The number of carbonyl (C=O) groups is 2. The molecule has 0 aliphatic carbocycles. The van der Waals surface area contributed by atoms with Crippen molar-refractivity contribution in [3.05, 3.63) is 58.5 Å². The lowest BCUT2D eigenvalue weighted by Crippen LogP contribution is -2.50. The summed E-state index contributed by atoms with van der Waals surface area (Å²) in [4.78, 5) is 26.6. The van der Waals surface area contributed by atoms with E-state index in [1.54, 1.807) is 0 Å². The van der Waals surface area contributed by atoms with Crippen LogP contribution in [0.4, 0.5) is 0 Å². The average molecular weight is 419 g/mol. The first-order valence-corrected chi connectivity index (χ1v) is 11.0. The Kier molecular flexibility index (Phi) is 9.44. The van der Waals surface area contributed by atoms with Gasteiger partial charge in [0.2, 0.25) is 0 Å². The van der Waals surface area contributed by atoms with Gasteiger partial charge in [-0.2, -0.15) is 0 Å². The first kappa shape index (κ1) is 23.2. The van der Waals surface area contributed by atoms with E-state index in [2.05, 4.69) is 30.4 Å². The maximum absolute atomic E-state index is 12.1. The maximum atomic E-state index is 12.1. The molecule has 2 unspecified atom stereocenters. The van der Waals surface area contributed by atoms with Crippen LogP contribution in [-0.2, 0) is 16.0 Å². The number of benzene rings is 1. The van der Waals surface area contributed by atoms with Gasteiger partial charge in [0.05, 0.1) is 0 Å². The van der Waals surface area contributed by atoms with E-state index in [0.29, 0.717) is 13.1 Å². The van der Waals surface area contributed by atoms with E-state index in [1.165, 1.54) is 27.8 Å². The molecule has 0 aromatic heterocycles. The first-order valence-electron chi connectivity index (χ1n) is 9.80. The molecule has 2 rings (SSSR count). The largest absolute Gasteiger partial charge is 0.380 e. The Hall–Kier alpha value is -2.09. The number of aliphatic hydroxyl groups is 2. The van der Waals surface area contributed by atoms with Crippen LogP contribution in [0.3, 0.4) is 0 Å². The quantitative estimate of drug-likeness (QED) is 0.532. The van der Waals surface area contributed by atoms with Crippen LogP contribution in [-0.4, -0.2) is 65.0 Å². The molecule has 7 heteroatoms. The van der Waals surface area contributed by atoms with E-state index in [1.807, 2.05) is 30.6 Å². The molecule has 2 atom stereocenters. The number of allylic oxidation sites excluding steroid dienone is 3. The SMILES string of the molecule is CS/C(=C\C=C\Cc1cccc(C)c1)CNC(=O)C(O)C(O)C(=O)N1CCCC1. The van der Waals surface area contributed by atoms with Crippen LogP contribution in [0.1, 0.15) is 24.0 Å². The van der Waals surface area contributed by atoms with Crippen LogP contribution in [0.5, 0.6) is 0 Å². The standard InChI is InChI=1S/C22H30N2O4S/c1-16-8-7-10-17(14-16)9-3-4-11-18(29-2)15-23-21(27)19(25)20(26)22(28)24-12-5-6-13-24/h3-4,7-8,10-11,14,19-20,25-26H,5-6,9,12-13,15H2,1-2H3,(H,23,27)/b4-3+,18-11-. The van der Waals surface area contributed by atoms with Crippen LogP contribution in [0.25, 0.3) is 0 Å². The summed E-state index contributed by atoms with van der Waals surface area (Å²) in [6, 6.07) is 8.31. The monoisotopic (exact) mass is 418 g/mol. The molecule has 1 saturated heterocycles. The van der Waals surface area contributed by atoms with Gasteiger partial charge < -0.3 is 20.4 Å². The number of nitrogens with zero attached hydrogens (tertiary/aromatic N) is 1. The lowest BCUT2D eigenvalue weighted by Gasteiger charge is -2.22. The summed E-state index contributed by atoms with van der Waals surface area (Å²) < 4.78 is 0. The van der Waals surface area contributed by atoms with Crippen molar-refractivity contribution in [3.63, 3.8) is 0 Å². The predicted molar refractivity (Wildman–Crippen MR) is 116 cm³/mol. The molecule has 3 N–H and O–H groups in total. The van der Waals surface area contributed by atoms with Crippen molar-refractivity contribution in [1.29, 1.82) is 0 Å². The third kappa shape index (κ3) is 7.34. The zero-order valence-corrected chi connectivity index (χ0v) is 17.8. The molecule has 0 bridgehead atoms. The lowest BCUT2D eigenvalue weighted by atomic mass is 10.1. The van der Waals surface area contributed by atoms with Gasteiger partial charge in [-0.25, -0.2) is 0 Å². The summed E-state index contributed by atoms with van der Waals surface area (Å²) in [6.07, 6.45) is 6.83. The predicted octanol–water partition coefficient (Wildman–Crippen LogP) is 1.80. The van der Waals surface area contributed by atoms with E-state index < -0.39 is 24.0 Å². The highest BCUT2D eigenvalue weighted by molar-refractivity contribution is 8.02. The minimum Gasteiger partial charge on any atom is -0.380 e. The number of nitrogens with one attached hydrogen (secondary N) is 1. The van der Waals surface area contributed by atoms with E-state index >= 15 is 0 Å². The van der Waals surface area contributed by atoms with Crippen molar-refractivity contribution >= 4 is 23.6 Å². The zero-order valence-electron chi connectivity index (χ0n) is 17.0. The molecule has 2 amide bonds. The maximum Gasteiger partial charge on any atom is 0.254 e. The van der Waals surface area contributed by atoms with Crippen LogP contribution in [0.15, 0.2) is 47.4 Å². The fourth-order valence-corrected chi connectivity index (χ4v) is 3.53. The molecular formula is C22H30N2O4S. The van der Waals surface area contributed by atoms with Crippen molar-refractivity contribution < 1.29 is 19.8 Å². The van der Waals surface area contributed by atoms with Gasteiger partial charge in [0.1, 0.15) is 0 Å². The van der Waals surface area contributed by atoms with Gasteiger partial charge in [-0.3, -0.25) is 9.59 Å². The Morgan fingerprint density at radius 2 is 1.97 bits per heavy atom. The molecule has 0 spiro atoms. The van der Waals surface area contributed by atoms with Gasteiger partial charge in [-0.05, 0) is 38.0 Å². The number of aliphatic hydroxyl groups excluding tert-OH is 2. The number of rotatable bonds is 9. The van der Waals surface area contributed by atoms with E-state index in [4.69, 9.17) is 0 Å². The molecule has 0 saturated carbocycles. The van der Waals surface area contributed by atoms with Gasteiger partial charge in [0.15, 0.2) is 12.2 Å². The molecule has 1 aliphatic heterocycles. The molecule has 158 valence electrons. The van der Waals surface area contributed by atoms with Gasteiger partial charge in [-0.1, -0.05) is 48.1 Å². The van der Waals surface area contributed by atoms with Crippen LogP contribution in [0.2, 0.25) is 0 Å². The van der Waals surface area contributed by atoms with Crippen LogP contribution < -0.4 is 5.32 Å². The topological polar surface area (TPSA) is 89.9 Å². The van der Waals surface area contributed by atoms with Crippen molar-refractivity contribution in [2.45, 2.75) is 38.4 Å². The van der Waals surface area contributed by atoms with Crippen LogP contribution in [0, 0.1) is 6.92 Å². The second-order valence-electron chi connectivity index (χ2n) is 7.10. The van der Waals surface area contributed by atoms with Gasteiger partial charge in [-0.15, -0.1) is 11.8 Å². The summed E-state index contributed by atoms with van der Waals surface area (Å²) >= 11 is 1.48. The molecule has 0 radical (unpaired) electrons. The molecule has 1 heterocycles. The second kappa shape index (κ2) is 11.8. The van der Waals surface area contributed by atoms with Crippen LogP contribution >= 0.6 is 11.8 Å². The Morgan fingerprint density at radius 1 is 1.24 bits per heavy atom. The molecule has 1 fully saturated rings. The highest BCUT2D eigenvalue weighted by Crippen LogP contribution is 2.13. The third-order valence-electron chi connectivity index (χ3n) is 4.79. The highest BCUT2D eigenvalue weighted by Gasteiger charge is 2.34. The average Bonchev–Trinajstić information content (AvgIpc) is 3.26. The third-order valence-corrected chi connectivity index (χ3v) is 5.60. The lowest BCUT2D eigenvalue weighted by molar-refractivity contribution is -0.152. The van der Waals surface area contributed by atoms with E-state index in [9.17, 15) is 19.8 Å². The highest BCUT2D eigenvalue weighted by atomic mass is 32.2. The summed E-state index contributed by atoms with van der Waals surface area (Å²) in [6.45, 7) is 3.39. The van der Waals surface area contributed by atoms with Gasteiger partial charge >= 0.3 is 0 Å². The Bertz CT molecular complexity index is 757. The number of hydrogen-bond donors (Lipinski definition) is 3. The van der Waals surface area contributed by atoms with E-state index in [0.717, 1.165) is 24.2 Å². The fraction of sp³-hybridized carbons (Fsp3) is 0.455. The number of carbonyl (C=O) groups excluding carboxylic acids is 2. The smallest absolute Gasteiger partial charge is 0.254 e. The van der Waals surface area contributed by atoms with Crippen molar-refractivity contribution in [3.8, 4) is 0 Å². The molecular weight excluding hydrogens is 388 g/mol. The van der Waals surface area contributed by atoms with Gasteiger partial charge in [0.25, 0.3) is 11.8 Å². The Balaban J connectivity index is 1.81. The summed E-state index contributed by atoms with van der Waals surface area (Å²) in [5.74, 6) is -1.35. The molecule has 1 aromatic rings. The number of amides is 2.